The zero-order chi connectivity index (χ0) is 11.8. The van der Waals surface area contributed by atoms with Gasteiger partial charge in [-0.3, -0.25) is 4.79 Å². The number of hydrogen-bond acceptors (Lipinski definition) is 3. The summed E-state index contributed by atoms with van der Waals surface area (Å²) in [4.78, 5) is 22.9. The summed E-state index contributed by atoms with van der Waals surface area (Å²) in [5.41, 5.74) is -0.466. The minimum absolute atomic E-state index is 0.133. The summed E-state index contributed by atoms with van der Waals surface area (Å²) in [6.07, 6.45) is 5.65. The first-order valence-electron chi connectivity index (χ1n) is 5.62. The molecule has 4 heteroatoms. The van der Waals surface area contributed by atoms with Gasteiger partial charge < -0.3 is 10.1 Å². The van der Waals surface area contributed by atoms with Gasteiger partial charge in [0.15, 0.2) is 0 Å². The third kappa shape index (κ3) is 1.62. The van der Waals surface area contributed by atoms with Gasteiger partial charge in [0.1, 0.15) is 12.4 Å². The molecule has 1 fully saturated rings. The molecule has 1 N–H and O–H groups in total. The summed E-state index contributed by atoms with van der Waals surface area (Å²) in [6, 6.07) is 0. The van der Waals surface area contributed by atoms with E-state index >= 15 is 0 Å². The first-order valence-corrected chi connectivity index (χ1v) is 5.62. The molecular formula is C12H17NO3. The average molecular weight is 223 g/mol. The van der Waals surface area contributed by atoms with E-state index in [0.717, 1.165) is 12.8 Å². The molecule has 88 valence electrons. The van der Waals surface area contributed by atoms with Crippen LogP contribution in [0.3, 0.4) is 0 Å². The fourth-order valence-electron chi connectivity index (χ4n) is 2.89. The lowest BCUT2D eigenvalue weighted by molar-refractivity contribution is -0.130. The fourth-order valence-corrected chi connectivity index (χ4v) is 2.89. The van der Waals surface area contributed by atoms with Crippen LogP contribution >= 0.6 is 0 Å². The summed E-state index contributed by atoms with van der Waals surface area (Å²) in [5.74, 6) is 0.870. The van der Waals surface area contributed by atoms with Crippen molar-refractivity contribution in [2.45, 2.75) is 19.8 Å². The van der Waals surface area contributed by atoms with Crippen molar-refractivity contribution >= 4 is 11.9 Å². The largest absolute Gasteiger partial charge is 0.448 e. The van der Waals surface area contributed by atoms with Crippen molar-refractivity contribution in [1.82, 2.24) is 5.32 Å². The average Bonchev–Trinajstić information content (AvgIpc) is 2.86. The lowest BCUT2D eigenvalue weighted by Crippen LogP contribution is -2.40. The second-order valence-corrected chi connectivity index (χ2v) is 4.73. The molecule has 0 radical (unpaired) electrons. The van der Waals surface area contributed by atoms with Crippen molar-refractivity contribution in [3.8, 4) is 0 Å². The number of allylic oxidation sites excluding steroid dienone is 2. The molecule has 1 amide bonds. The van der Waals surface area contributed by atoms with E-state index in [1.165, 1.54) is 7.05 Å². The molecule has 0 unspecified atom stereocenters. The van der Waals surface area contributed by atoms with Gasteiger partial charge in [-0.05, 0) is 31.6 Å². The van der Waals surface area contributed by atoms with Crippen LogP contribution in [-0.2, 0) is 9.53 Å². The SMILES string of the molecule is CNC(=O)OC[C@@]1(C(C)=O)C[C@@H]2C=C[C@H]1C2. The van der Waals surface area contributed by atoms with E-state index in [9.17, 15) is 9.59 Å². The van der Waals surface area contributed by atoms with Gasteiger partial charge in [0.25, 0.3) is 0 Å². The van der Waals surface area contributed by atoms with Gasteiger partial charge in [0, 0.05) is 7.05 Å². The number of carbonyl (C=O) groups excluding carboxylic acids is 2. The summed E-state index contributed by atoms with van der Waals surface area (Å²) in [5, 5.41) is 2.40. The number of ketones is 1. The molecule has 2 rings (SSSR count). The van der Waals surface area contributed by atoms with E-state index in [4.69, 9.17) is 4.74 Å². The van der Waals surface area contributed by atoms with Crippen molar-refractivity contribution in [1.29, 1.82) is 0 Å². The smallest absolute Gasteiger partial charge is 0.406 e. The maximum Gasteiger partial charge on any atom is 0.406 e. The van der Waals surface area contributed by atoms with Crippen LogP contribution in [0.15, 0.2) is 12.2 Å². The monoisotopic (exact) mass is 223 g/mol. The summed E-state index contributed by atoms with van der Waals surface area (Å²) < 4.78 is 5.09. The van der Waals surface area contributed by atoms with E-state index in [1.807, 2.05) is 0 Å². The molecular weight excluding hydrogens is 206 g/mol. The van der Waals surface area contributed by atoms with Gasteiger partial charge in [-0.15, -0.1) is 0 Å². The minimum Gasteiger partial charge on any atom is -0.448 e. The Morgan fingerprint density at radius 3 is 2.69 bits per heavy atom. The van der Waals surface area contributed by atoms with Gasteiger partial charge in [0.05, 0.1) is 5.41 Å². The van der Waals surface area contributed by atoms with Gasteiger partial charge >= 0.3 is 6.09 Å². The molecule has 0 aromatic heterocycles. The summed E-state index contributed by atoms with van der Waals surface area (Å²) in [7, 11) is 1.52. The Hall–Kier alpha value is -1.32. The molecule has 1 saturated carbocycles. The number of carbonyl (C=O) groups is 2. The van der Waals surface area contributed by atoms with E-state index in [2.05, 4.69) is 17.5 Å². The molecule has 0 saturated heterocycles. The van der Waals surface area contributed by atoms with Crippen LogP contribution in [-0.4, -0.2) is 25.5 Å². The molecule has 2 aliphatic rings. The Morgan fingerprint density at radius 2 is 2.25 bits per heavy atom. The molecule has 16 heavy (non-hydrogen) atoms. The molecule has 2 bridgehead atoms. The van der Waals surface area contributed by atoms with Crippen LogP contribution < -0.4 is 5.32 Å². The zero-order valence-corrected chi connectivity index (χ0v) is 9.66. The van der Waals surface area contributed by atoms with E-state index in [1.54, 1.807) is 6.92 Å². The third-order valence-corrected chi connectivity index (χ3v) is 3.87. The van der Waals surface area contributed by atoms with Gasteiger partial charge in [-0.1, -0.05) is 12.2 Å². The summed E-state index contributed by atoms with van der Waals surface area (Å²) >= 11 is 0. The Balaban J connectivity index is 2.09. The number of rotatable bonds is 3. The Bertz CT molecular complexity index is 350. The molecule has 0 spiro atoms. The van der Waals surface area contributed by atoms with Crippen molar-refractivity contribution < 1.29 is 14.3 Å². The predicted molar refractivity (Wildman–Crippen MR) is 58.9 cm³/mol. The topological polar surface area (TPSA) is 55.4 Å². The first kappa shape index (κ1) is 11.2. The van der Waals surface area contributed by atoms with Crippen LogP contribution in [0.1, 0.15) is 19.8 Å². The number of alkyl carbamates (subject to hydrolysis) is 1. The molecule has 4 nitrogen and oxygen atoms in total. The van der Waals surface area contributed by atoms with E-state index in [-0.39, 0.29) is 18.3 Å². The molecule has 0 heterocycles. The van der Waals surface area contributed by atoms with Crippen LogP contribution in [0.25, 0.3) is 0 Å². The Morgan fingerprint density at radius 1 is 1.50 bits per heavy atom. The number of nitrogens with one attached hydrogen (secondary N) is 1. The highest BCUT2D eigenvalue weighted by atomic mass is 16.5. The van der Waals surface area contributed by atoms with Crippen LogP contribution in [0.5, 0.6) is 0 Å². The van der Waals surface area contributed by atoms with Crippen molar-refractivity contribution in [3.63, 3.8) is 0 Å². The van der Waals surface area contributed by atoms with Crippen LogP contribution in [0.2, 0.25) is 0 Å². The van der Waals surface area contributed by atoms with Crippen LogP contribution in [0.4, 0.5) is 4.79 Å². The standard InChI is InChI=1S/C12H17NO3/c1-8(14)12(7-16-11(15)13-2)6-9-3-4-10(12)5-9/h3-4,9-10H,5-7H2,1-2H3,(H,13,15)/t9-,10+,12-/m1/s1. The quantitative estimate of drug-likeness (QED) is 0.738. The molecule has 2 aliphatic carbocycles. The first-order chi connectivity index (χ1) is 7.58. The predicted octanol–water partition coefficient (Wildman–Crippen LogP) is 1.51. The number of hydrogen-bond donors (Lipinski definition) is 1. The lowest BCUT2D eigenvalue weighted by Gasteiger charge is -2.32. The highest BCUT2D eigenvalue weighted by Gasteiger charge is 2.52. The number of ether oxygens (including phenoxy) is 1. The van der Waals surface area contributed by atoms with E-state index in [0.29, 0.717) is 5.92 Å². The maximum absolute atomic E-state index is 11.8. The van der Waals surface area contributed by atoms with Crippen molar-refractivity contribution in [2.24, 2.45) is 17.3 Å². The highest BCUT2D eigenvalue weighted by Crippen LogP contribution is 2.52. The lowest BCUT2D eigenvalue weighted by atomic mass is 9.73. The van der Waals surface area contributed by atoms with Crippen molar-refractivity contribution in [3.05, 3.63) is 12.2 Å². The highest BCUT2D eigenvalue weighted by molar-refractivity contribution is 5.84. The van der Waals surface area contributed by atoms with Gasteiger partial charge in [0.2, 0.25) is 0 Å². The van der Waals surface area contributed by atoms with Gasteiger partial charge in [-0.2, -0.15) is 0 Å². The number of fused-ring (bicyclic) bond motifs is 2. The zero-order valence-electron chi connectivity index (χ0n) is 9.66. The molecule has 0 aromatic rings. The molecule has 0 aliphatic heterocycles. The maximum atomic E-state index is 11.8. The second kappa shape index (κ2) is 3.92. The Labute approximate surface area is 95.0 Å². The normalized spacial score (nSPS) is 35.1. The minimum atomic E-state index is -0.466. The van der Waals surface area contributed by atoms with E-state index < -0.39 is 11.5 Å². The summed E-state index contributed by atoms with van der Waals surface area (Å²) in [6.45, 7) is 1.80. The second-order valence-electron chi connectivity index (χ2n) is 4.73. The number of Topliss-reactive ketones (excluding diaryl/α,β-unsaturated/α-hetero) is 1. The molecule has 0 aromatic carbocycles. The van der Waals surface area contributed by atoms with Crippen LogP contribution in [0, 0.1) is 17.3 Å². The fraction of sp³-hybridized carbons (Fsp3) is 0.667. The number of amides is 1. The van der Waals surface area contributed by atoms with Gasteiger partial charge in [-0.25, -0.2) is 4.79 Å². The molecule has 3 atom stereocenters. The Kier molecular flexibility index (Phi) is 2.74. The van der Waals surface area contributed by atoms with Crippen molar-refractivity contribution in [2.75, 3.05) is 13.7 Å². The third-order valence-electron chi connectivity index (χ3n) is 3.87.